The molecule has 0 bridgehead atoms. The number of hydrogen-bond donors (Lipinski definition) is 2. The van der Waals surface area contributed by atoms with Crippen LogP contribution in [-0.4, -0.2) is 23.4 Å². The molecular weight excluding hydrogens is 282 g/mol. The average Bonchev–Trinajstić information content (AvgIpc) is 2.89. The monoisotopic (exact) mass is 305 g/mol. The molecule has 1 saturated heterocycles. The Kier molecular flexibility index (Phi) is 4.81. The third-order valence-corrected chi connectivity index (χ3v) is 3.89. The second-order valence-corrected chi connectivity index (χ2v) is 6.78. The first-order valence-electron chi connectivity index (χ1n) is 7.59. The smallest absolute Gasteiger partial charge is 0.271 e. The van der Waals surface area contributed by atoms with Crippen LogP contribution in [0.15, 0.2) is 18.2 Å². The van der Waals surface area contributed by atoms with E-state index < -0.39 is 4.92 Å². The standard InChI is InChI=1S/C16H23N3O3/c1-16(2,3)13-7-6-12(19(21)22)10-14(13)18-15(20)9-11-5-4-8-17-11/h6-7,10-11,17H,4-5,8-9H2,1-3H3,(H,18,20). The van der Waals surface area contributed by atoms with E-state index in [0.29, 0.717) is 12.1 Å². The van der Waals surface area contributed by atoms with Crippen LogP contribution in [0.4, 0.5) is 11.4 Å². The molecule has 1 heterocycles. The molecular formula is C16H23N3O3. The minimum atomic E-state index is -0.444. The number of rotatable bonds is 4. The third-order valence-electron chi connectivity index (χ3n) is 3.89. The number of non-ortho nitro benzene ring substituents is 1. The first-order valence-corrected chi connectivity index (χ1v) is 7.59. The number of carbonyl (C=O) groups is 1. The zero-order valence-corrected chi connectivity index (χ0v) is 13.3. The van der Waals surface area contributed by atoms with Crippen molar-refractivity contribution < 1.29 is 9.72 Å². The highest BCUT2D eigenvalue weighted by Gasteiger charge is 2.23. The van der Waals surface area contributed by atoms with Gasteiger partial charge in [0.2, 0.25) is 5.91 Å². The summed E-state index contributed by atoms with van der Waals surface area (Å²) in [6.45, 7) is 7.00. The van der Waals surface area contributed by atoms with Crippen molar-refractivity contribution >= 4 is 17.3 Å². The zero-order valence-electron chi connectivity index (χ0n) is 13.3. The van der Waals surface area contributed by atoms with Crippen molar-refractivity contribution in [2.75, 3.05) is 11.9 Å². The molecule has 2 rings (SSSR count). The summed E-state index contributed by atoms with van der Waals surface area (Å²) >= 11 is 0. The fraction of sp³-hybridized carbons (Fsp3) is 0.562. The summed E-state index contributed by atoms with van der Waals surface area (Å²) in [5.41, 5.74) is 1.21. The van der Waals surface area contributed by atoms with Gasteiger partial charge in [0, 0.05) is 24.6 Å². The number of nitrogens with one attached hydrogen (secondary N) is 2. The van der Waals surface area contributed by atoms with Crippen LogP contribution in [0, 0.1) is 10.1 Å². The maximum Gasteiger partial charge on any atom is 0.271 e. The fourth-order valence-electron chi connectivity index (χ4n) is 2.76. The molecule has 6 nitrogen and oxygen atoms in total. The molecule has 120 valence electrons. The SMILES string of the molecule is CC(C)(C)c1ccc([N+](=O)[O-])cc1NC(=O)CC1CCCN1. The van der Waals surface area contributed by atoms with Crippen LogP contribution in [-0.2, 0) is 10.2 Å². The minimum absolute atomic E-state index is 0.0118. The highest BCUT2D eigenvalue weighted by atomic mass is 16.6. The molecule has 1 aliphatic rings. The first-order chi connectivity index (χ1) is 10.3. The van der Waals surface area contributed by atoms with E-state index in [1.54, 1.807) is 6.07 Å². The summed E-state index contributed by atoms with van der Waals surface area (Å²) < 4.78 is 0. The fourth-order valence-corrected chi connectivity index (χ4v) is 2.76. The normalized spacial score (nSPS) is 18.2. The number of amides is 1. The van der Waals surface area contributed by atoms with Crippen LogP contribution >= 0.6 is 0 Å². The van der Waals surface area contributed by atoms with E-state index in [9.17, 15) is 14.9 Å². The molecule has 1 aliphatic heterocycles. The molecule has 6 heteroatoms. The molecule has 0 aliphatic carbocycles. The summed E-state index contributed by atoms with van der Waals surface area (Å²) in [4.78, 5) is 22.7. The molecule has 0 aromatic heterocycles. The van der Waals surface area contributed by atoms with E-state index in [4.69, 9.17) is 0 Å². The number of nitro groups is 1. The van der Waals surface area contributed by atoms with Crippen molar-refractivity contribution in [3.05, 3.63) is 33.9 Å². The van der Waals surface area contributed by atoms with E-state index in [1.807, 2.05) is 20.8 Å². The lowest BCUT2D eigenvalue weighted by Crippen LogP contribution is -2.28. The van der Waals surface area contributed by atoms with Crippen molar-refractivity contribution in [2.45, 2.75) is 51.5 Å². The van der Waals surface area contributed by atoms with Gasteiger partial charge in [0.05, 0.1) is 10.6 Å². The molecule has 1 aromatic rings. The van der Waals surface area contributed by atoms with Crippen molar-refractivity contribution in [2.24, 2.45) is 0 Å². The maximum atomic E-state index is 12.2. The van der Waals surface area contributed by atoms with Crippen LogP contribution < -0.4 is 10.6 Å². The number of anilines is 1. The molecule has 2 N–H and O–H groups in total. The highest BCUT2D eigenvalue weighted by Crippen LogP contribution is 2.32. The van der Waals surface area contributed by atoms with Crippen LogP contribution in [0.25, 0.3) is 0 Å². The second kappa shape index (κ2) is 6.44. The van der Waals surface area contributed by atoms with E-state index >= 15 is 0 Å². The molecule has 0 saturated carbocycles. The lowest BCUT2D eigenvalue weighted by atomic mass is 9.85. The molecule has 22 heavy (non-hydrogen) atoms. The Balaban J connectivity index is 2.20. The lowest BCUT2D eigenvalue weighted by molar-refractivity contribution is -0.384. The van der Waals surface area contributed by atoms with Crippen LogP contribution in [0.5, 0.6) is 0 Å². The van der Waals surface area contributed by atoms with Gasteiger partial charge in [-0.3, -0.25) is 14.9 Å². The predicted octanol–water partition coefficient (Wildman–Crippen LogP) is 2.97. The van der Waals surface area contributed by atoms with Crippen LogP contribution in [0.2, 0.25) is 0 Å². The highest BCUT2D eigenvalue weighted by molar-refractivity contribution is 5.92. The second-order valence-electron chi connectivity index (χ2n) is 6.78. The third kappa shape index (κ3) is 4.04. The summed E-state index contributed by atoms with van der Waals surface area (Å²) in [5.74, 6) is -0.106. The number of nitrogens with zero attached hydrogens (tertiary/aromatic N) is 1. The minimum Gasteiger partial charge on any atom is -0.326 e. The van der Waals surface area contributed by atoms with Gasteiger partial charge in [0.1, 0.15) is 0 Å². The lowest BCUT2D eigenvalue weighted by Gasteiger charge is -2.23. The van der Waals surface area contributed by atoms with Crippen molar-refractivity contribution in [1.29, 1.82) is 0 Å². The maximum absolute atomic E-state index is 12.2. The van der Waals surface area contributed by atoms with Crippen LogP contribution in [0.1, 0.15) is 45.6 Å². The molecule has 0 spiro atoms. The van der Waals surface area contributed by atoms with Gasteiger partial charge in [-0.1, -0.05) is 20.8 Å². The van der Waals surface area contributed by atoms with Crippen molar-refractivity contribution in [3.63, 3.8) is 0 Å². The number of benzene rings is 1. The van der Waals surface area contributed by atoms with Gasteiger partial charge in [-0.2, -0.15) is 0 Å². The van der Waals surface area contributed by atoms with E-state index in [-0.39, 0.29) is 23.1 Å². The van der Waals surface area contributed by atoms with Crippen molar-refractivity contribution in [3.8, 4) is 0 Å². The molecule has 1 aromatic carbocycles. The van der Waals surface area contributed by atoms with Crippen molar-refractivity contribution in [1.82, 2.24) is 5.32 Å². The van der Waals surface area contributed by atoms with Gasteiger partial charge in [0.25, 0.3) is 5.69 Å². The Morgan fingerprint density at radius 2 is 2.18 bits per heavy atom. The van der Waals surface area contributed by atoms with Gasteiger partial charge < -0.3 is 10.6 Å². The Morgan fingerprint density at radius 1 is 1.45 bits per heavy atom. The van der Waals surface area contributed by atoms with Crippen LogP contribution in [0.3, 0.4) is 0 Å². The summed E-state index contributed by atoms with van der Waals surface area (Å²) in [6, 6.07) is 4.86. The summed E-state index contributed by atoms with van der Waals surface area (Å²) in [5, 5.41) is 17.1. The van der Waals surface area contributed by atoms with Gasteiger partial charge in [0.15, 0.2) is 0 Å². The van der Waals surface area contributed by atoms with Gasteiger partial charge >= 0.3 is 0 Å². The van der Waals surface area contributed by atoms with E-state index in [1.165, 1.54) is 12.1 Å². The van der Waals surface area contributed by atoms with Gasteiger partial charge in [-0.15, -0.1) is 0 Å². The number of hydrogen-bond acceptors (Lipinski definition) is 4. The largest absolute Gasteiger partial charge is 0.326 e. The zero-order chi connectivity index (χ0) is 16.3. The van der Waals surface area contributed by atoms with Gasteiger partial charge in [-0.05, 0) is 36.4 Å². The molecule has 1 unspecified atom stereocenters. The molecule has 0 radical (unpaired) electrons. The van der Waals surface area contributed by atoms with E-state index in [2.05, 4.69) is 10.6 Å². The first kappa shape index (κ1) is 16.4. The molecule has 1 fully saturated rings. The van der Waals surface area contributed by atoms with Gasteiger partial charge in [-0.25, -0.2) is 0 Å². The Hall–Kier alpha value is -1.95. The predicted molar refractivity (Wildman–Crippen MR) is 86.1 cm³/mol. The summed E-state index contributed by atoms with van der Waals surface area (Å²) in [6.07, 6.45) is 2.47. The summed E-state index contributed by atoms with van der Waals surface area (Å²) in [7, 11) is 0. The number of carbonyl (C=O) groups excluding carboxylic acids is 1. The van der Waals surface area contributed by atoms with E-state index in [0.717, 1.165) is 24.9 Å². The molecule has 1 atom stereocenters. The molecule has 1 amide bonds. The average molecular weight is 305 g/mol. The number of nitro benzene ring substituents is 1. The quantitative estimate of drug-likeness (QED) is 0.661. The topological polar surface area (TPSA) is 84.3 Å². The Morgan fingerprint density at radius 3 is 2.73 bits per heavy atom. The Bertz CT molecular complexity index is 572. The Labute approximate surface area is 130 Å².